The predicted molar refractivity (Wildman–Crippen MR) is 74.4 cm³/mol. The number of para-hydroxylation sites is 1. The minimum atomic E-state index is -0.119. The SMILES string of the molecule is COCCCN1CC(C(=O)OC)Cc2ccccc21. The number of carbonyl (C=O) groups is 1. The molecule has 4 nitrogen and oxygen atoms in total. The van der Waals surface area contributed by atoms with Gasteiger partial charge in [-0.15, -0.1) is 0 Å². The molecule has 19 heavy (non-hydrogen) atoms. The van der Waals surface area contributed by atoms with E-state index in [1.165, 1.54) is 18.4 Å². The summed E-state index contributed by atoms with van der Waals surface area (Å²) in [4.78, 5) is 14.0. The third kappa shape index (κ3) is 3.26. The Morgan fingerprint density at radius 1 is 1.37 bits per heavy atom. The van der Waals surface area contributed by atoms with Crippen molar-refractivity contribution in [1.82, 2.24) is 0 Å². The van der Waals surface area contributed by atoms with E-state index in [4.69, 9.17) is 9.47 Å². The first kappa shape index (κ1) is 13.9. The second kappa shape index (κ2) is 6.57. The molecule has 104 valence electrons. The number of esters is 1. The summed E-state index contributed by atoms with van der Waals surface area (Å²) >= 11 is 0. The number of hydrogen-bond donors (Lipinski definition) is 0. The number of hydrogen-bond acceptors (Lipinski definition) is 4. The Morgan fingerprint density at radius 3 is 2.89 bits per heavy atom. The monoisotopic (exact) mass is 263 g/mol. The predicted octanol–water partition coefficient (Wildman–Crippen LogP) is 1.87. The van der Waals surface area contributed by atoms with E-state index in [-0.39, 0.29) is 11.9 Å². The molecule has 0 radical (unpaired) electrons. The fourth-order valence-electron chi connectivity index (χ4n) is 2.62. The summed E-state index contributed by atoms with van der Waals surface area (Å²) in [6, 6.07) is 8.27. The van der Waals surface area contributed by atoms with Gasteiger partial charge in [0, 0.05) is 32.5 Å². The Bertz CT molecular complexity index is 433. The standard InChI is InChI=1S/C15H21NO3/c1-18-9-5-8-16-11-13(15(17)19-2)10-12-6-3-4-7-14(12)16/h3-4,6-7,13H,5,8-11H2,1-2H3. The van der Waals surface area contributed by atoms with Crippen LogP contribution in [0.4, 0.5) is 5.69 Å². The highest BCUT2D eigenvalue weighted by Crippen LogP contribution is 2.30. The maximum Gasteiger partial charge on any atom is 0.310 e. The molecule has 0 spiro atoms. The largest absolute Gasteiger partial charge is 0.469 e. The van der Waals surface area contributed by atoms with Gasteiger partial charge in [-0.05, 0) is 24.5 Å². The molecule has 2 rings (SSSR count). The van der Waals surface area contributed by atoms with Gasteiger partial charge in [0.15, 0.2) is 0 Å². The van der Waals surface area contributed by atoms with Crippen molar-refractivity contribution in [2.24, 2.45) is 5.92 Å². The highest BCUT2D eigenvalue weighted by molar-refractivity contribution is 5.75. The zero-order valence-electron chi connectivity index (χ0n) is 11.6. The molecule has 1 heterocycles. The minimum absolute atomic E-state index is 0.0672. The van der Waals surface area contributed by atoms with Gasteiger partial charge < -0.3 is 14.4 Å². The number of rotatable bonds is 5. The van der Waals surface area contributed by atoms with Crippen LogP contribution in [0.15, 0.2) is 24.3 Å². The van der Waals surface area contributed by atoms with E-state index in [0.717, 1.165) is 32.5 Å². The average Bonchev–Trinajstić information content (AvgIpc) is 2.46. The summed E-state index contributed by atoms with van der Waals surface area (Å²) in [5, 5.41) is 0. The lowest BCUT2D eigenvalue weighted by atomic mass is 9.92. The zero-order chi connectivity index (χ0) is 13.7. The van der Waals surface area contributed by atoms with E-state index in [9.17, 15) is 4.79 Å². The van der Waals surface area contributed by atoms with E-state index in [0.29, 0.717) is 0 Å². The lowest BCUT2D eigenvalue weighted by molar-refractivity contribution is -0.145. The van der Waals surface area contributed by atoms with Crippen LogP contribution in [0, 0.1) is 5.92 Å². The van der Waals surface area contributed by atoms with Crippen LogP contribution in [0.1, 0.15) is 12.0 Å². The summed E-state index contributed by atoms with van der Waals surface area (Å²) in [6.07, 6.45) is 1.72. The summed E-state index contributed by atoms with van der Waals surface area (Å²) in [5.74, 6) is -0.186. The second-order valence-corrected chi connectivity index (χ2v) is 4.85. The number of anilines is 1. The van der Waals surface area contributed by atoms with E-state index < -0.39 is 0 Å². The maximum atomic E-state index is 11.8. The molecule has 1 aliphatic heterocycles. The van der Waals surface area contributed by atoms with E-state index in [1.807, 2.05) is 12.1 Å². The van der Waals surface area contributed by atoms with Gasteiger partial charge in [-0.2, -0.15) is 0 Å². The highest BCUT2D eigenvalue weighted by atomic mass is 16.5. The summed E-state index contributed by atoms with van der Waals surface area (Å²) < 4.78 is 9.99. The molecule has 1 unspecified atom stereocenters. The third-order valence-corrected chi connectivity index (χ3v) is 3.55. The molecular formula is C15H21NO3. The van der Waals surface area contributed by atoms with Crippen molar-refractivity contribution in [3.8, 4) is 0 Å². The average molecular weight is 263 g/mol. The fraction of sp³-hybridized carbons (Fsp3) is 0.533. The van der Waals surface area contributed by atoms with Gasteiger partial charge in [0.2, 0.25) is 0 Å². The molecule has 0 fully saturated rings. The van der Waals surface area contributed by atoms with Crippen LogP contribution >= 0.6 is 0 Å². The van der Waals surface area contributed by atoms with Gasteiger partial charge in [-0.25, -0.2) is 0 Å². The van der Waals surface area contributed by atoms with Crippen molar-refractivity contribution in [3.63, 3.8) is 0 Å². The molecule has 0 aliphatic carbocycles. The van der Waals surface area contributed by atoms with Crippen LogP contribution in [0.5, 0.6) is 0 Å². The lowest BCUT2D eigenvalue weighted by Gasteiger charge is -2.35. The van der Waals surface area contributed by atoms with Gasteiger partial charge in [-0.1, -0.05) is 18.2 Å². The first-order chi connectivity index (χ1) is 9.26. The molecule has 0 amide bonds. The van der Waals surface area contributed by atoms with Gasteiger partial charge >= 0.3 is 5.97 Å². The van der Waals surface area contributed by atoms with Crippen LogP contribution in [0.25, 0.3) is 0 Å². The van der Waals surface area contributed by atoms with Gasteiger partial charge in [0.05, 0.1) is 13.0 Å². The summed E-state index contributed by atoms with van der Waals surface area (Å²) in [5.41, 5.74) is 2.46. The number of methoxy groups -OCH3 is 2. The number of nitrogens with zero attached hydrogens (tertiary/aromatic N) is 1. The Balaban J connectivity index is 2.14. The van der Waals surface area contributed by atoms with Gasteiger partial charge in [0.25, 0.3) is 0 Å². The Hall–Kier alpha value is -1.55. The Labute approximate surface area is 114 Å². The van der Waals surface area contributed by atoms with E-state index in [2.05, 4.69) is 17.0 Å². The number of carbonyl (C=O) groups excluding carboxylic acids is 1. The lowest BCUT2D eigenvalue weighted by Crippen LogP contribution is -2.40. The summed E-state index contributed by atoms with van der Waals surface area (Å²) in [6.45, 7) is 2.37. The Morgan fingerprint density at radius 2 is 2.16 bits per heavy atom. The van der Waals surface area contributed by atoms with Crippen molar-refractivity contribution >= 4 is 11.7 Å². The van der Waals surface area contributed by atoms with Crippen molar-refractivity contribution in [1.29, 1.82) is 0 Å². The van der Waals surface area contributed by atoms with E-state index in [1.54, 1.807) is 7.11 Å². The highest BCUT2D eigenvalue weighted by Gasteiger charge is 2.29. The minimum Gasteiger partial charge on any atom is -0.469 e. The summed E-state index contributed by atoms with van der Waals surface area (Å²) in [7, 11) is 3.17. The molecule has 0 bridgehead atoms. The van der Waals surface area contributed by atoms with Crippen LogP contribution in [-0.4, -0.2) is 39.9 Å². The van der Waals surface area contributed by atoms with Crippen LogP contribution in [-0.2, 0) is 20.7 Å². The first-order valence-electron chi connectivity index (χ1n) is 6.66. The number of ether oxygens (including phenoxy) is 2. The van der Waals surface area contributed by atoms with Crippen LogP contribution in [0.2, 0.25) is 0 Å². The normalized spacial score (nSPS) is 18.0. The molecule has 0 saturated carbocycles. The van der Waals surface area contributed by atoms with Crippen LogP contribution in [0.3, 0.4) is 0 Å². The molecule has 1 atom stereocenters. The zero-order valence-corrected chi connectivity index (χ0v) is 11.6. The molecule has 4 heteroatoms. The maximum absolute atomic E-state index is 11.8. The molecule has 0 saturated heterocycles. The molecule has 0 aromatic heterocycles. The smallest absolute Gasteiger partial charge is 0.310 e. The quantitative estimate of drug-likeness (QED) is 0.600. The van der Waals surface area contributed by atoms with Crippen molar-refractivity contribution in [2.75, 3.05) is 38.8 Å². The molecule has 1 aromatic carbocycles. The second-order valence-electron chi connectivity index (χ2n) is 4.85. The van der Waals surface area contributed by atoms with Crippen molar-refractivity contribution in [2.45, 2.75) is 12.8 Å². The van der Waals surface area contributed by atoms with Crippen molar-refractivity contribution < 1.29 is 14.3 Å². The van der Waals surface area contributed by atoms with Gasteiger partial charge in [0.1, 0.15) is 0 Å². The molecule has 1 aromatic rings. The molecular weight excluding hydrogens is 242 g/mol. The first-order valence-corrected chi connectivity index (χ1v) is 6.66. The molecule has 1 aliphatic rings. The topological polar surface area (TPSA) is 38.8 Å². The van der Waals surface area contributed by atoms with Gasteiger partial charge in [-0.3, -0.25) is 4.79 Å². The number of fused-ring (bicyclic) bond motifs is 1. The number of benzene rings is 1. The third-order valence-electron chi connectivity index (χ3n) is 3.55. The van der Waals surface area contributed by atoms with Crippen LogP contribution < -0.4 is 4.90 Å². The van der Waals surface area contributed by atoms with E-state index >= 15 is 0 Å². The van der Waals surface area contributed by atoms with Crippen molar-refractivity contribution in [3.05, 3.63) is 29.8 Å². The Kier molecular flexibility index (Phi) is 4.80. The molecule has 0 N–H and O–H groups in total. The fourth-order valence-corrected chi connectivity index (χ4v) is 2.62.